The molecule has 0 aliphatic carbocycles. The Balaban J connectivity index is 1.31. The fourth-order valence-electron chi connectivity index (χ4n) is 4.32. The van der Waals surface area contributed by atoms with Crippen LogP contribution in [0.5, 0.6) is 0 Å². The van der Waals surface area contributed by atoms with Gasteiger partial charge >= 0.3 is 6.09 Å². The minimum atomic E-state index is -0.516. The average Bonchev–Trinajstić information content (AvgIpc) is 3.31. The van der Waals surface area contributed by atoms with Gasteiger partial charge in [-0.15, -0.1) is 0 Å². The SMILES string of the molecule is CC(C)(C)OC(=O)N1CCN(c2ccc(-c3cnc4[nH]cc(C(=O)c5cccc(F)c5)c4c3)cn2)CC1. The van der Waals surface area contributed by atoms with Crippen molar-refractivity contribution < 1.29 is 18.7 Å². The lowest BCUT2D eigenvalue weighted by molar-refractivity contribution is 0.0240. The largest absolute Gasteiger partial charge is 0.444 e. The maximum absolute atomic E-state index is 13.6. The van der Waals surface area contributed by atoms with Gasteiger partial charge in [0.1, 0.15) is 22.9 Å². The van der Waals surface area contributed by atoms with E-state index in [0.29, 0.717) is 42.8 Å². The van der Waals surface area contributed by atoms with Crippen molar-refractivity contribution in [2.75, 3.05) is 31.1 Å². The fraction of sp³-hybridized carbons (Fsp3) is 0.286. The van der Waals surface area contributed by atoms with E-state index in [-0.39, 0.29) is 17.4 Å². The van der Waals surface area contributed by atoms with Gasteiger partial charge in [-0.3, -0.25) is 4.79 Å². The third-order valence-electron chi connectivity index (χ3n) is 6.20. The van der Waals surface area contributed by atoms with Crippen LogP contribution in [0.3, 0.4) is 0 Å². The van der Waals surface area contributed by atoms with Gasteiger partial charge in [0.2, 0.25) is 0 Å². The van der Waals surface area contributed by atoms with E-state index in [1.165, 1.54) is 18.2 Å². The monoisotopic (exact) mass is 501 g/mol. The summed E-state index contributed by atoms with van der Waals surface area (Å²) in [6.45, 7) is 8.03. The highest BCUT2D eigenvalue weighted by Gasteiger charge is 2.26. The number of halogens is 1. The summed E-state index contributed by atoms with van der Waals surface area (Å²) in [6.07, 6.45) is 4.82. The van der Waals surface area contributed by atoms with Crippen molar-refractivity contribution in [2.45, 2.75) is 26.4 Å². The molecule has 1 fully saturated rings. The van der Waals surface area contributed by atoms with Crippen LogP contribution in [-0.4, -0.2) is 63.5 Å². The minimum absolute atomic E-state index is 0.274. The van der Waals surface area contributed by atoms with E-state index < -0.39 is 11.4 Å². The van der Waals surface area contributed by atoms with E-state index in [2.05, 4.69) is 19.9 Å². The van der Waals surface area contributed by atoms with Crippen molar-refractivity contribution >= 4 is 28.7 Å². The summed E-state index contributed by atoms with van der Waals surface area (Å²) in [4.78, 5) is 41.3. The highest BCUT2D eigenvalue weighted by Crippen LogP contribution is 2.27. The first-order valence-corrected chi connectivity index (χ1v) is 12.1. The van der Waals surface area contributed by atoms with E-state index in [1.54, 1.807) is 29.6 Å². The second-order valence-corrected chi connectivity index (χ2v) is 10.0. The van der Waals surface area contributed by atoms with E-state index >= 15 is 0 Å². The molecular formula is C28H28FN5O3. The molecule has 0 atom stereocenters. The molecule has 1 saturated heterocycles. The van der Waals surface area contributed by atoms with Crippen LogP contribution in [0.25, 0.3) is 22.2 Å². The Hall–Kier alpha value is -4.27. The van der Waals surface area contributed by atoms with Gasteiger partial charge in [0, 0.05) is 72.4 Å². The van der Waals surface area contributed by atoms with Gasteiger partial charge < -0.3 is 19.5 Å². The Morgan fingerprint density at radius 3 is 2.41 bits per heavy atom. The van der Waals surface area contributed by atoms with Crippen molar-refractivity contribution in [3.63, 3.8) is 0 Å². The zero-order valence-corrected chi connectivity index (χ0v) is 21.0. The molecular weight excluding hydrogens is 473 g/mol. The Morgan fingerprint density at radius 2 is 1.73 bits per heavy atom. The fourth-order valence-corrected chi connectivity index (χ4v) is 4.32. The molecule has 0 saturated carbocycles. The summed E-state index contributed by atoms with van der Waals surface area (Å²) in [5, 5.41) is 0.661. The number of aromatic nitrogens is 3. The Labute approximate surface area is 214 Å². The zero-order chi connectivity index (χ0) is 26.2. The van der Waals surface area contributed by atoms with E-state index in [0.717, 1.165) is 16.9 Å². The number of hydrogen-bond acceptors (Lipinski definition) is 6. The van der Waals surface area contributed by atoms with E-state index in [1.807, 2.05) is 39.0 Å². The molecule has 0 spiro atoms. The lowest BCUT2D eigenvalue weighted by Gasteiger charge is -2.36. The third kappa shape index (κ3) is 5.30. The summed E-state index contributed by atoms with van der Waals surface area (Å²) < 4.78 is 19.1. The smallest absolute Gasteiger partial charge is 0.410 e. The van der Waals surface area contributed by atoms with Crippen LogP contribution in [0.1, 0.15) is 36.7 Å². The highest BCUT2D eigenvalue weighted by molar-refractivity contribution is 6.16. The number of fused-ring (bicyclic) bond motifs is 1. The number of piperazine rings is 1. The van der Waals surface area contributed by atoms with Crippen LogP contribution < -0.4 is 4.90 Å². The molecule has 0 bridgehead atoms. The van der Waals surface area contributed by atoms with Crippen molar-refractivity contribution in [1.29, 1.82) is 0 Å². The number of pyridine rings is 2. The zero-order valence-electron chi connectivity index (χ0n) is 21.0. The van der Waals surface area contributed by atoms with E-state index in [9.17, 15) is 14.0 Å². The van der Waals surface area contributed by atoms with Gasteiger partial charge in [0.05, 0.1) is 0 Å². The van der Waals surface area contributed by atoms with Crippen molar-refractivity contribution in [3.8, 4) is 11.1 Å². The van der Waals surface area contributed by atoms with Gasteiger partial charge in [-0.25, -0.2) is 19.2 Å². The average molecular weight is 502 g/mol. The van der Waals surface area contributed by atoms with Gasteiger partial charge in [0.15, 0.2) is 5.78 Å². The lowest BCUT2D eigenvalue weighted by atomic mass is 10.0. The molecule has 4 aromatic rings. The van der Waals surface area contributed by atoms with E-state index in [4.69, 9.17) is 4.74 Å². The molecule has 3 aromatic heterocycles. The number of benzene rings is 1. The number of rotatable bonds is 4. The topological polar surface area (TPSA) is 91.4 Å². The molecule has 1 aliphatic heterocycles. The molecule has 8 nitrogen and oxygen atoms in total. The number of nitrogens with zero attached hydrogens (tertiary/aromatic N) is 4. The Bertz CT molecular complexity index is 1450. The maximum atomic E-state index is 13.6. The van der Waals surface area contributed by atoms with Gasteiger partial charge in [-0.1, -0.05) is 12.1 Å². The van der Waals surface area contributed by atoms with Gasteiger partial charge in [0.25, 0.3) is 0 Å². The van der Waals surface area contributed by atoms with Crippen molar-refractivity contribution in [3.05, 3.63) is 78.0 Å². The van der Waals surface area contributed by atoms with Gasteiger partial charge in [-0.05, 0) is 51.1 Å². The van der Waals surface area contributed by atoms with Crippen LogP contribution in [0, 0.1) is 5.82 Å². The third-order valence-corrected chi connectivity index (χ3v) is 6.20. The molecule has 0 unspecified atom stereocenters. The molecule has 9 heteroatoms. The van der Waals surface area contributed by atoms with Crippen LogP contribution in [0.4, 0.5) is 15.0 Å². The van der Waals surface area contributed by atoms with Crippen LogP contribution >= 0.6 is 0 Å². The predicted molar refractivity (Wildman–Crippen MR) is 139 cm³/mol. The first-order chi connectivity index (χ1) is 17.7. The summed E-state index contributed by atoms with van der Waals surface area (Å²) in [7, 11) is 0. The van der Waals surface area contributed by atoms with Crippen LogP contribution in [0.15, 0.2) is 61.1 Å². The Kier molecular flexibility index (Phi) is 6.37. The first-order valence-electron chi connectivity index (χ1n) is 12.1. The number of H-pyrrole nitrogens is 1. The maximum Gasteiger partial charge on any atom is 0.410 e. The number of anilines is 1. The molecule has 1 amide bonds. The number of ketones is 1. The number of ether oxygens (including phenoxy) is 1. The van der Waals surface area contributed by atoms with Crippen molar-refractivity contribution in [2.24, 2.45) is 0 Å². The standard InChI is InChI=1S/C28H28FN5O3/c1-28(2,3)37-27(36)34-11-9-33(10-12-34)24-8-7-19(15-30-24)20-14-22-23(17-32-26(22)31-16-20)25(35)18-5-4-6-21(29)13-18/h4-8,13-17H,9-12H2,1-3H3,(H,31,32). The summed E-state index contributed by atoms with van der Waals surface area (Å²) >= 11 is 0. The molecule has 190 valence electrons. The van der Waals surface area contributed by atoms with Crippen LogP contribution in [0.2, 0.25) is 0 Å². The molecule has 1 aliphatic rings. The number of aromatic amines is 1. The van der Waals surface area contributed by atoms with Crippen LogP contribution in [-0.2, 0) is 4.74 Å². The molecule has 37 heavy (non-hydrogen) atoms. The molecule has 5 rings (SSSR count). The van der Waals surface area contributed by atoms with Gasteiger partial charge in [-0.2, -0.15) is 0 Å². The molecule has 1 aromatic carbocycles. The molecule has 0 radical (unpaired) electrons. The lowest BCUT2D eigenvalue weighted by Crippen LogP contribution is -2.50. The summed E-state index contributed by atoms with van der Waals surface area (Å²) in [5.74, 6) is 0.0934. The Morgan fingerprint density at radius 1 is 0.973 bits per heavy atom. The summed E-state index contributed by atoms with van der Waals surface area (Å²) in [5.41, 5.74) is 2.45. The molecule has 4 heterocycles. The quantitative estimate of drug-likeness (QED) is 0.394. The second-order valence-electron chi connectivity index (χ2n) is 10.0. The number of carbonyl (C=O) groups is 2. The first kappa shape index (κ1) is 24.4. The second kappa shape index (κ2) is 9.65. The number of nitrogens with one attached hydrogen (secondary N) is 1. The normalized spacial score (nSPS) is 14.2. The molecule has 1 N–H and O–H groups in total. The summed E-state index contributed by atoms with van der Waals surface area (Å²) in [6, 6.07) is 11.5. The number of amides is 1. The number of hydrogen-bond donors (Lipinski definition) is 1. The minimum Gasteiger partial charge on any atom is -0.444 e. The van der Waals surface area contributed by atoms with Crippen molar-refractivity contribution in [1.82, 2.24) is 19.9 Å². The predicted octanol–water partition coefficient (Wildman–Crippen LogP) is 5.05. The highest BCUT2D eigenvalue weighted by atomic mass is 19.1. The number of carbonyl (C=O) groups excluding carboxylic acids is 2.